The van der Waals surface area contributed by atoms with Crippen molar-refractivity contribution in [3.8, 4) is 0 Å². The van der Waals surface area contributed by atoms with E-state index in [1.165, 1.54) is 24.3 Å². The molecule has 1 fully saturated rings. The van der Waals surface area contributed by atoms with Crippen molar-refractivity contribution in [3.63, 3.8) is 0 Å². The van der Waals surface area contributed by atoms with Gasteiger partial charge in [-0.3, -0.25) is 0 Å². The van der Waals surface area contributed by atoms with E-state index in [9.17, 15) is 0 Å². The second-order valence-electron chi connectivity index (χ2n) is 4.17. The van der Waals surface area contributed by atoms with Crippen molar-refractivity contribution < 1.29 is 4.74 Å². The van der Waals surface area contributed by atoms with Crippen molar-refractivity contribution in [1.29, 1.82) is 0 Å². The normalized spacial score (nSPS) is 27.9. The van der Waals surface area contributed by atoms with Gasteiger partial charge in [0, 0.05) is 35.2 Å². The minimum absolute atomic E-state index is 0.521. The predicted molar refractivity (Wildman–Crippen MR) is 76.7 cm³/mol. The highest BCUT2D eigenvalue weighted by atomic mass is 32.2. The van der Waals surface area contributed by atoms with Crippen LogP contribution in [-0.4, -0.2) is 48.3 Å². The van der Waals surface area contributed by atoms with Gasteiger partial charge in [0.1, 0.15) is 0 Å². The average Bonchev–Trinajstić information content (AvgIpc) is 2.34. The Labute approximate surface area is 109 Å². The van der Waals surface area contributed by atoms with Crippen LogP contribution in [0.3, 0.4) is 0 Å². The molecule has 1 aliphatic heterocycles. The number of ether oxygens (including phenoxy) is 1. The number of hydrogen-bond acceptors (Lipinski definition) is 4. The summed E-state index contributed by atoms with van der Waals surface area (Å²) in [5.41, 5.74) is 0. The van der Waals surface area contributed by atoms with Crippen molar-refractivity contribution >= 4 is 23.5 Å². The maximum atomic E-state index is 5.36. The van der Waals surface area contributed by atoms with Gasteiger partial charge in [0.05, 0.1) is 6.61 Å². The highest BCUT2D eigenvalue weighted by Crippen LogP contribution is 2.35. The molecule has 0 aromatic heterocycles. The first-order chi connectivity index (χ1) is 7.83. The van der Waals surface area contributed by atoms with Gasteiger partial charge in [-0.1, -0.05) is 13.8 Å². The molecular weight excluding hydrogens is 238 g/mol. The molecule has 96 valence electrons. The number of hydrogen-bond donors (Lipinski definition) is 1. The molecule has 1 aliphatic rings. The van der Waals surface area contributed by atoms with Crippen molar-refractivity contribution in [2.45, 2.75) is 43.2 Å². The summed E-state index contributed by atoms with van der Waals surface area (Å²) >= 11 is 4.27. The highest BCUT2D eigenvalue weighted by Gasteiger charge is 2.31. The summed E-state index contributed by atoms with van der Waals surface area (Å²) in [5, 5.41) is 5.16. The van der Waals surface area contributed by atoms with Gasteiger partial charge in [0.25, 0.3) is 0 Å². The molecule has 0 amide bonds. The van der Waals surface area contributed by atoms with E-state index in [4.69, 9.17) is 4.74 Å². The van der Waals surface area contributed by atoms with Crippen molar-refractivity contribution in [1.82, 2.24) is 5.32 Å². The van der Waals surface area contributed by atoms with Gasteiger partial charge in [0.2, 0.25) is 0 Å². The molecule has 0 bridgehead atoms. The molecule has 1 N–H and O–H groups in total. The summed E-state index contributed by atoms with van der Waals surface area (Å²) < 4.78 is 5.36. The fraction of sp³-hybridized carbons (Fsp3) is 1.00. The minimum Gasteiger partial charge on any atom is -0.383 e. The lowest BCUT2D eigenvalue weighted by molar-refractivity contribution is 0.164. The van der Waals surface area contributed by atoms with E-state index >= 15 is 0 Å². The smallest absolute Gasteiger partial charge is 0.0627 e. The van der Waals surface area contributed by atoms with Crippen LogP contribution in [0.5, 0.6) is 0 Å². The van der Waals surface area contributed by atoms with Crippen LogP contribution < -0.4 is 5.32 Å². The lowest BCUT2D eigenvalue weighted by atomic mass is 10.1. The zero-order valence-corrected chi connectivity index (χ0v) is 12.3. The highest BCUT2D eigenvalue weighted by molar-refractivity contribution is 8.07. The van der Waals surface area contributed by atoms with Crippen LogP contribution in [0.2, 0.25) is 0 Å². The van der Waals surface area contributed by atoms with Crippen LogP contribution >= 0.6 is 23.5 Å². The molecule has 4 heteroatoms. The predicted octanol–water partition coefficient (Wildman–Crippen LogP) is 2.63. The Kier molecular flexibility index (Phi) is 7.96. The third-order valence-electron chi connectivity index (χ3n) is 2.89. The molecule has 3 atom stereocenters. The molecule has 0 radical (unpaired) electrons. The van der Waals surface area contributed by atoms with Crippen LogP contribution in [0, 0.1) is 0 Å². The van der Waals surface area contributed by atoms with Gasteiger partial charge in [-0.25, -0.2) is 0 Å². The summed E-state index contributed by atoms with van der Waals surface area (Å²) in [5.74, 6) is 2.60. The fourth-order valence-electron chi connectivity index (χ4n) is 2.09. The van der Waals surface area contributed by atoms with Gasteiger partial charge in [-0.2, -0.15) is 23.5 Å². The number of thioether (sulfide) groups is 2. The first-order valence-electron chi connectivity index (χ1n) is 6.29. The second-order valence-corrected chi connectivity index (χ2v) is 6.80. The average molecular weight is 263 g/mol. The third kappa shape index (κ3) is 4.47. The first-order valence-corrected chi connectivity index (χ1v) is 8.38. The van der Waals surface area contributed by atoms with Gasteiger partial charge in [-0.15, -0.1) is 0 Å². The van der Waals surface area contributed by atoms with Crippen molar-refractivity contribution in [2.24, 2.45) is 0 Å². The Morgan fingerprint density at radius 2 is 2.06 bits per heavy atom. The zero-order valence-electron chi connectivity index (χ0n) is 10.7. The zero-order chi connectivity index (χ0) is 11.8. The van der Waals surface area contributed by atoms with Crippen LogP contribution in [0.25, 0.3) is 0 Å². The quantitative estimate of drug-likeness (QED) is 0.762. The Morgan fingerprint density at radius 3 is 2.69 bits per heavy atom. The van der Waals surface area contributed by atoms with Gasteiger partial charge >= 0.3 is 0 Å². The maximum absolute atomic E-state index is 5.36. The van der Waals surface area contributed by atoms with Crippen molar-refractivity contribution in [2.75, 3.05) is 31.8 Å². The van der Waals surface area contributed by atoms with Crippen LogP contribution in [-0.2, 0) is 4.74 Å². The van der Waals surface area contributed by atoms with E-state index in [2.05, 4.69) is 42.7 Å². The molecule has 2 nitrogen and oxygen atoms in total. The lowest BCUT2D eigenvalue weighted by Gasteiger charge is -2.36. The molecule has 1 rings (SSSR count). The minimum atomic E-state index is 0.521. The third-order valence-corrected chi connectivity index (χ3v) is 6.30. The molecule has 0 aliphatic carbocycles. The topological polar surface area (TPSA) is 21.3 Å². The molecular formula is C12H25NOS2. The van der Waals surface area contributed by atoms with Crippen LogP contribution in [0.1, 0.15) is 26.7 Å². The maximum Gasteiger partial charge on any atom is 0.0627 e. The number of methoxy groups -OCH3 is 1. The van der Waals surface area contributed by atoms with Crippen LogP contribution in [0.15, 0.2) is 0 Å². The molecule has 0 aromatic carbocycles. The molecule has 1 heterocycles. The standard InChI is InChI=1S/C12H25NOS2/c1-4-6-13-10(9-14-3)12-11(5-2)15-7-8-16-12/h10-13H,4-9H2,1-3H3. The van der Waals surface area contributed by atoms with E-state index in [0.717, 1.165) is 23.7 Å². The fourth-order valence-corrected chi connectivity index (χ4v) is 5.34. The summed E-state index contributed by atoms with van der Waals surface area (Å²) in [4.78, 5) is 0. The largest absolute Gasteiger partial charge is 0.383 e. The van der Waals surface area contributed by atoms with E-state index < -0.39 is 0 Å². The Balaban J connectivity index is 2.51. The van der Waals surface area contributed by atoms with E-state index in [1.807, 2.05) is 7.11 Å². The summed E-state index contributed by atoms with van der Waals surface area (Å²) in [6.07, 6.45) is 2.47. The Morgan fingerprint density at radius 1 is 1.31 bits per heavy atom. The van der Waals surface area contributed by atoms with E-state index in [-0.39, 0.29) is 0 Å². The molecule has 0 spiro atoms. The van der Waals surface area contributed by atoms with Gasteiger partial charge < -0.3 is 10.1 Å². The number of nitrogens with one attached hydrogen (secondary N) is 1. The Bertz CT molecular complexity index is 180. The second kappa shape index (κ2) is 8.67. The van der Waals surface area contributed by atoms with Gasteiger partial charge in [-0.05, 0) is 19.4 Å². The van der Waals surface area contributed by atoms with Crippen molar-refractivity contribution in [3.05, 3.63) is 0 Å². The Hall–Kier alpha value is 0.620. The van der Waals surface area contributed by atoms with Crippen LogP contribution in [0.4, 0.5) is 0 Å². The SMILES string of the molecule is CCCNC(COC)C1SCCSC1CC. The number of rotatable bonds is 7. The molecule has 16 heavy (non-hydrogen) atoms. The summed E-state index contributed by atoms with van der Waals surface area (Å²) in [7, 11) is 1.81. The first kappa shape index (κ1) is 14.7. The van der Waals surface area contributed by atoms with E-state index in [1.54, 1.807) is 0 Å². The van der Waals surface area contributed by atoms with E-state index in [0.29, 0.717) is 6.04 Å². The van der Waals surface area contributed by atoms with Gasteiger partial charge in [0.15, 0.2) is 0 Å². The summed E-state index contributed by atoms with van der Waals surface area (Å²) in [6, 6.07) is 0.521. The molecule has 0 saturated carbocycles. The lowest BCUT2D eigenvalue weighted by Crippen LogP contribution is -2.48. The molecule has 3 unspecified atom stereocenters. The monoisotopic (exact) mass is 263 g/mol. The summed E-state index contributed by atoms with van der Waals surface area (Å²) in [6.45, 7) is 6.47. The molecule has 1 saturated heterocycles. The molecule has 0 aromatic rings.